The third-order valence-corrected chi connectivity index (χ3v) is 11.0. The van der Waals surface area contributed by atoms with Crippen LogP contribution in [0.3, 0.4) is 0 Å². The summed E-state index contributed by atoms with van der Waals surface area (Å²) >= 11 is 1.88. The van der Waals surface area contributed by atoms with E-state index in [1.54, 1.807) is 0 Å². The van der Waals surface area contributed by atoms with Crippen molar-refractivity contribution in [2.24, 2.45) is 0 Å². The quantitative estimate of drug-likeness (QED) is 0.488. The summed E-state index contributed by atoms with van der Waals surface area (Å²) in [5, 5.41) is 6.51. The number of rotatable bonds is 4. The third-order valence-electron chi connectivity index (χ3n) is 4.51. The second-order valence-corrected chi connectivity index (χ2v) is 10.9. The SMILES string of the molecule is c1ccc([PH](c2ccccc2)(c2ccccc2)c2cccs2)cc1. The molecule has 0 saturated carbocycles. The number of hydrogen-bond acceptors (Lipinski definition) is 1. The minimum absolute atomic E-state index is 1.44. The second kappa shape index (κ2) is 6.73. The maximum absolute atomic E-state index is 2.31. The summed E-state index contributed by atoms with van der Waals surface area (Å²) in [5.74, 6) is 0. The molecular weight excluding hydrogens is 327 g/mol. The molecule has 0 amide bonds. The summed E-state index contributed by atoms with van der Waals surface area (Å²) in [6.07, 6.45) is 0. The average molecular weight is 346 g/mol. The van der Waals surface area contributed by atoms with E-state index in [2.05, 4.69) is 109 Å². The first-order valence-corrected chi connectivity index (χ1v) is 11.0. The van der Waals surface area contributed by atoms with Gasteiger partial charge < -0.3 is 0 Å². The molecule has 0 aliphatic heterocycles. The molecule has 0 atom stereocenters. The Balaban J connectivity index is 2.12. The van der Waals surface area contributed by atoms with Crippen molar-refractivity contribution in [2.75, 3.05) is 0 Å². The van der Waals surface area contributed by atoms with Crippen molar-refractivity contribution in [1.82, 2.24) is 0 Å². The molecule has 0 unspecified atom stereocenters. The van der Waals surface area contributed by atoms with Crippen LogP contribution in [0.2, 0.25) is 0 Å². The van der Waals surface area contributed by atoms with E-state index in [0.717, 1.165) is 0 Å². The zero-order valence-electron chi connectivity index (χ0n) is 13.3. The molecule has 0 radical (unpaired) electrons. The molecule has 1 heterocycles. The molecule has 118 valence electrons. The molecule has 2 heteroatoms. The third kappa shape index (κ3) is 2.51. The predicted molar refractivity (Wildman–Crippen MR) is 110 cm³/mol. The van der Waals surface area contributed by atoms with Crippen LogP contribution in [0.15, 0.2) is 109 Å². The van der Waals surface area contributed by atoms with Crippen LogP contribution in [0.1, 0.15) is 0 Å². The van der Waals surface area contributed by atoms with Crippen LogP contribution in [0.5, 0.6) is 0 Å². The summed E-state index contributed by atoms with van der Waals surface area (Å²) in [5.41, 5.74) is 0. The van der Waals surface area contributed by atoms with Crippen LogP contribution in [-0.2, 0) is 0 Å². The van der Waals surface area contributed by atoms with Gasteiger partial charge in [0.05, 0.1) is 0 Å². The number of benzene rings is 3. The Morgan fingerprint density at radius 1 is 0.458 bits per heavy atom. The molecule has 0 saturated heterocycles. The molecule has 4 rings (SSSR count). The first-order valence-electron chi connectivity index (χ1n) is 8.13. The van der Waals surface area contributed by atoms with E-state index in [-0.39, 0.29) is 0 Å². The van der Waals surface area contributed by atoms with Crippen molar-refractivity contribution in [3.8, 4) is 0 Å². The summed E-state index contributed by atoms with van der Waals surface area (Å²) in [6.45, 7) is 0. The van der Waals surface area contributed by atoms with Crippen LogP contribution in [0, 0.1) is 0 Å². The first kappa shape index (κ1) is 15.3. The van der Waals surface area contributed by atoms with E-state index >= 15 is 0 Å². The fourth-order valence-corrected chi connectivity index (χ4v) is 10.2. The van der Waals surface area contributed by atoms with Gasteiger partial charge in [0.15, 0.2) is 0 Å². The van der Waals surface area contributed by atoms with Crippen LogP contribution >= 0.6 is 18.6 Å². The Hall–Kier alpha value is -2.21. The number of hydrogen-bond donors (Lipinski definition) is 0. The Morgan fingerprint density at radius 2 is 0.875 bits per heavy atom. The number of thiophene rings is 1. The van der Waals surface area contributed by atoms with Crippen molar-refractivity contribution in [2.45, 2.75) is 0 Å². The molecule has 0 aliphatic carbocycles. The van der Waals surface area contributed by atoms with E-state index in [9.17, 15) is 0 Å². The standard InChI is InChI=1S/C22H19PS/c1-4-11-19(12-5-1)23(22-17-10-18-24-22,20-13-6-2-7-14-20)21-15-8-3-9-16-21/h1-18,23H. The molecule has 0 aliphatic rings. The van der Waals surface area contributed by atoms with Gasteiger partial charge in [-0.15, -0.1) is 0 Å². The van der Waals surface area contributed by atoms with E-state index < -0.39 is 7.26 Å². The summed E-state index contributed by atoms with van der Waals surface area (Å²) in [7, 11) is -2.23. The first-order chi connectivity index (χ1) is 11.9. The fourth-order valence-electron chi connectivity index (χ4n) is 3.48. The average Bonchev–Trinajstić information content (AvgIpc) is 3.20. The molecule has 24 heavy (non-hydrogen) atoms. The molecule has 0 nitrogen and oxygen atoms in total. The van der Waals surface area contributed by atoms with Gasteiger partial charge in [-0.2, -0.15) is 0 Å². The van der Waals surface area contributed by atoms with Gasteiger partial charge in [0, 0.05) is 0 Å². The van der Waals surface area contributed by atoms with Crippen LogP contribution in [-0.4, -0.2) is 0 Å². The molecule has 0 bridgehead atoms. The fraction of sp³-hybridized carbons (Fsp3) is 0. The summed E-state index contributed by atoms with van der Waals surface area (Å²) in [4.78, 5) is 0. The van der Waals surface area contributed by atoms with Crippen LogP contribution < -0.4 is 20.5 Å². The molecular formula is C22H19PS. The van der Waals surface area contributed by atoms with Crippen LogP contribution in [0.25, 0.3) is 0 Å². The van der Waals surface area contributed by atoms with E-state index in [1.807, 2.05) is 11.3 Å². The zero-order valence-corrected chi connectivity index (χ0v) is 15.1. The predicted octanol–water partition coefficient (Wildman–Crippen LogP) is 4.10. The van der Waals surface area contributed by atoms with Gasteiger partial charge in [-0.25, -0.2) is 0 Å². The Labute approximate surface area is 147 Å². The van der Waals surface area contributed by atoms with Crippen molar-refractivity contribution in [1.29, 1.82) is 0 Å². The van der Waals surface area contributed by atoms with E-state index in [0.29, 0.717) is 0 Å². The maximum atomic E-state index is 2.31. The summed E-state index contributed by atoms with van der Waals surface area (Å²) in [6, 6.07) is 37.6. The van der Waals surface area contributed by atoms with Gasteiger partial charge in [0.2, 0.25) is 0 Å². The van der Waals surface area contributed by atoms with Gasteiger partial charge in [0.25, 0.3) is 0 Å². The Morgan fingerprint density at radius 3 is 1.21 bits per heavy atom. The van der Waals surface area contributed by atoms with Gasteiger partial charge in [0.1, 0.15) is 0 Å². The normalized spacial score (nSPS) is 12.0. The van der Waals surface area contributed by atoms with Gasteiger partial charge in [-0.1, -0.05) is 0 Å². The van der Waals surface area contributed by atoms with Crippen LogP contribution in [0.4, 0.5) is 0 Å². The van der Waals surface area contributed by atoms with Gasteiger partial charge in [-0.3, -0.25) is 0 Å². The summed E-state index contributed by atoms with van der Waals surface area (Å²) < 4.78 is 1.48. The topological polar surface area (TPSA) is 0 Å². The molecule has 0 spiro atoms. The zero-order chi connectivity index (χ0) is 16.2. The van der Waals surface area contributed by atoms with E-state index in [1.165, 1.54) is 20.5 Å². The molecule has 0 N–H and O–H groups in total. The van der Waals surface area contributed by atoms with Crippen molar-refractivity contribution in [3.05, 3.63) is 109 Å². The van der Waals surface area contributed by atoms with Gasteiger partial charge >= 0.3 is 148 Å². The van der Waals surface area contributed by atoms with Crippen molar-refractivity contribution >= 4 is 39.1 Å². The molecule has 1 aromatic heterocycles. The monoisotopic (exact) mass is 346 g/mol. The second-order valence-electron chi connectivity index (χ2n) is 5.83. The molecule has 3 aromatic carbocycles. The van der Waals surface area contributed by atoms with Crippen molar-refractivity contribution in [3.63, 3.8) is 0 Å². The Kier molecular flexibility index (Phi) is 4.30. The van der Waals surface area contributed by atoms with Gasteiger partial charge in [-0.05, 0) is 0 Å². The minimum atomic E-state index is -2.23. The molecule has 0 fully saturated rings. The Bertz CT molecular complexity index is 788. The molecule has 4 aromatic rings. The van der Waals surface area contributed by atoms with E-state index in [4.69, 9.17) is 0 Å². The van der Waals surface area contributed by atoms with Crippen molar-refractivity contribution < 1.29 is 0 Å².